The first-order valence-corrected chi connectivity index (χ1v) is 15.0. The van der Waals surface area contributed by atoms with Crippen LogP contribution in [0.3, 0.4) is 0 Å². The van der Waals surface area contributed by atoms with Crippen molar-refractivity contribution in [3.05, 3.63) is 168 Å². The summed E-state index contributed by atoms with van der Waals surface area (Å²) in [5.74, 6) is 0. The molecule has 2 aliphatic carbocycles. The molecule has 9 rings (SSSR count). The molecule has 204 valence electrons. The molecule has 0 fully saturated rings. The summed E-state index contributed by atoms with van der Waals surface area (Å²) in [6.45, 7) is 0. The van der Waals surface area contributed by atoms with Crippen LogP contribution in [0.4, 0.5) is 11.4 Å². The smallest absolute Gasteiger partial charge is 0.0599 e. The fourth-order valence-electron chi connectivity index (χ4n) is 8.52. The molecule has 0 radical (unpaired) electrons. The third-order valence-corrected chi connectivity index (χ3v) is 10.1. The lowest BCUT2D eigenvalue weighted by Gasteiger charge is -2.50. The van der Waals surface area contributed by atoms with Crippen LogP contribution >= 0.6 is 0 Å². The first-order chi connectivity index (χ1) is 21.1. The van der Waals surface area contributed by atoms with Crippen molar-refractivity contribution in [1.82, 2.24) is 0 Å². The van der Waals surface area contributed by atoms with Crippen molar-refractivity contribution >= 4 is 43.7 Å². The van der Waals surface area contributed by atoms with Crippen LogP contribution in [-0.2, 0) is 10.8 Å². The van der Waals surface area contributed by atoms with Gasteiger partial charge in [-0.25, -0.2) is 0 Å². The molecule has 0 heterocycles. The molecule has 0 spiro atoms. The summed E-state index contributed by atoms with van der Waals surface area (Å²) in [5.41, 5.74) is 21.2. The van der Waals surface area contributed by atoms with Gasteiger partial charge in [-0.3, -0.25) is 0 Å². The summed E-state index contributed by atoms with van der Waals surface area (Å²) in [7, 11) is 0. The summed E-state index contributed by atoms with van der Waals surface area (Å²) in [6, 6.07) is 44.4. The van der Waals surface area contributed by atoms with Crippen LogP contribution in [0.5, 0.6) is 0 Å². The zero-order chi connectivity index (χ0) is 28.8. The number of nitrogens with two attached hydrogens (primary N) is 2. The van der Waals surface area contributed by atoms with Gasteiger partial charge in [0.25, 0.3) is 0 Å². The number of hydrogen-bond donors (Lipinski definition) is 2. The fourth-order valence-corrected chi connectivity index (χ4v) is 8.52. The van der Waals surface area contributed by atoms with Gasteiger partial charge in [-0.1, -0.05) is 121 Å². The van der Waals surface area contributed by atoms with Gasteiger partial charge in [0.2, 0.25) is 0 Å². The molecule has 2 nitrogen and oxygen atoms in total. The van der Waals surface area contributed by atoms with E-state index >= 15 is 0 Å². The van der Waals surface area contributed by atoms with Crippen LogP contribution in [0.2, 0.25) is 0 Å². The van der Waals surface area contributed by atoms with Gasteiger partial charge in [0.05, 0.1) is 5.41 Å². The molecule has 1 atom stereocenters. The van der Waals surface area contributed by atoms with Crippen molar-refractivity contribution in [2.45, 2.75) is 17.3 Å². The van der Waals surface area contributed by atoms with Gasteiger partial charge >= 0.3 is 0 Å². The molecule has 0 saturated carbocycles. The lowest BCUT2D eigenvalue weighted by Crippen LogP contribution is -2.49. The SMILES string of the molecule is Nc1ccc2c(c1)C(c1ccccc1)(C1(c3ccc4ccc5cccc6ccc3c4c56)C=CC=CC1)c1cc(N)ccc1-2. The number of nitrogen functional groups attached to an aromatic ring is 2. The van der Waals surface area contributed by atoms with Crippen molar-refractivity contribution in [2.24, 2.45) is 0 Å². The molecule has 4 N–H and O–H groups in total. The summed E-state index contributed by atoms with van der Waals surface area (Å²) in [4.78, 5) is 0. The van der Waals surface area contributed by atoms with E-state index in [1.807, 2.05) is 12.1 Å². The highest BCUT2D eigenvalue weighted by atomic mass is 14.6. The second-order valence-corrected chi connectivity index (χ2v) is 12.2. The molecule has 1 unspecified atom stereocenters. The molecular weight excluding hydrogens is 520 g/mol. The number of rotatable bonds is 3. The van der Waals surface area contributed by atoms with Gasteiger partial charge in [0.15, 0.2) is 0 Å². The maximum absolute atomic E-state index is 6.64. The maximum atomic E-state index is 6.64. The van der Waals surface area contributed by atoms with E-state index in [2.05, 4.69) is 133 Å². The van der Waals surface area contributed by atoms with Crippen molar-refractivity contribution in [1.29, 1.82) is 0 Å². The fraction of sp³-hybridized carbons (Fsp3) is 0.0732. The Morgan fingerprint density at radius 3 is 1.79 bits per heavy atom. The van der Waals surface area contributed by atoms with Gasteiger partial charge in [0.1, 0.15) is 0 Å². The second kappa shape index (κ2) is 8.59. The predicted octanol–water partition coefficient (Wildman–Crippen LogP) is 9.52. The van der Waals surface area contributed by atoms with Crippen molar-refractivity contribution in [2.75, 3.05) is 11.5 Å². The Balaban J connectivity index is 1.51. The number of allylic oxidation sites excluding steroid dienone is 4. The standard InChI is InChI=1S/C41H30N2/c42-30-16-19-32-33-20-17-31(43)25-37(33)41(36(32)24-30,29-10-3-1-4-11-29)40(22-5-2-6-23-40)35-21-15-28-13-12-26-8-7-9-27-14-18-34(35)39(28)38(26)27/h1-22,24-25H,23,42-43H2. The van der Waals surface area contributed by atoms with Crippen LogP contribution in [-0.4, -0.2) is 0 Å². The highest BCUT2D eigenvalue weighted by Crippen LogP contribution is 2.65. The molecule has 0 saturated heterocycles. The first-order valence-electron chi connectivity index (χ1n) is 15.0. The Hall–Kier alpha value is -5.34. The maximum Gasteiger partial charge on any atom is 0.0599 e. The Morgan fingerprint density at radius 1 is 0.512 bits per heavy atom. The molecular formula is C41H30N2. The van der Waals surface area contributed by atoms with Gasteiger partial charge in [-0.15, -0.1) is 0 Å². The van der Waals surface area contributed by atoms with Gasteiger partial charge in [-0.05, 0) is 96.4 Å². The molecule has 2 aliphatic rings. The summed E-state index contributed by atoms with van der Waals surface area (Å²) in [6.07, 6.45) is 10.0. The van der Waals surface area contributed by atoms with E-state index in [1.165, 1.54) is 65.7 Å². The molecule has 7 aromatic carbocycles. The van der Waals surface area contributed by atoms with Crippen LogP contribution in [0.1, 0.15) is 28.7 Å². The third-order valence-electron chi connectivity index (χ3n) is 10.1. The largest absolute Gasteiger partial charge is 0.399 e. The molecule has 43 heavy (non-hydrogen) atoms. The second-order valence-electron chi connectivity index (χ2n) is 12.2. The first kappa shape index (κ1) is 24.3. The minimum atomic E-state index is -0.589. The van der Waals surface area contributed by atoms with E-state index in [9.17, 15) is 0 Å². The van der Waals surface area contributed by atoms with E-state index < -0.39 is 10.8 Å². The Morgan fingerprint density at radius 2 is 1.14 bits per heavy atom. The van der Waals surface area contributed by atoms with Gasteiger partial charge in [-0.2, -0.15) is 0 Å². The number of benzene rings is 7. The average molecular weight is 551 g/mol. The van der Waals surface area contributed by atoms with Crippen molar-refractivity contribution in [3.8, 4) is 11.1 Å². The van der Waals surface area contributed by atoms with E-state index in [1.54, 1.807) is 0 Å². The van der Waals surface area contributed by atoms with Gasteiger partial charge in [0, 0.05) is 16.8 Å². The topological polar surface area (TPSA) is 52.0 Å². The average Bonchev–Trinajstić information content (AvgIpc) is 3.33. The minimum Gasteiger partial charge on any atom is -0.399 e. The van der Waals surface area contributed by atoms with E-state index in [-0.39, 0.29) is 0 Å². The molecule has 0 bridgehead atoms. The van der Waals surface area contributed by atoms with E-state index in [0.29, 0.717) is 0 Å². The normalized spacial score (nSPS) is 18.4. The molecule has 0 aliphatic heterocycles. The Labute approximate surface area is 250 Å². The highest BCUT2D eigenvalue weighted by Gasteiger charge is 2.58. The van der Waals surface area contributed by atoms with Crippen LogP contribution < -0.4 is 11.5 Å². The Bertz CT molecular complexity index is 2220. The zero-order valence-corrected chi connectivity index (χ0v) is 23.7. The lowest BCUT2D eigenvalue weighted by atomic mass is 9.50. The number of anilines is 2. The minimum absolute atomic E-state index is 0.479. The highest BCUT2D eigenvalue weighted by molar-refractivity contribution is 6.23. The monoisotopic (exact) mass is 550 g/mol. The van der Waals surface area contributed by atoms with E-state index in [4.69, 9.17) is 11.5 Å². The predicted molar refractivity (Wildman–Crippen MR) is 182 cm³/mol. The van der Waals surface area contributed by atoms with Crippen molar-refractivity contribution in [3.63, 3.8) is 0 Å². The zero-order valence-electron chi connectivity index (χ0n) is 23.7. The Kier molecular flexibility index (Phi) is 4.85. The quantitative estimate of drug-likeness (QED) is 0.170. The van der Waals surface area contributed by atoms with Crippen LogP contribution in [0.15, 0.2) is 146 Å². The van der Waals surface area contributed by atoms with Gasteiger partial charge < -0.3 is 11.5 Å². The van der Waals surface area contributed by atoms with Crippen LogP contribution in [0.25, 0.3) is 43.4 Å². The summed E-state index contributed by atoms with van der Waals surface area (Å²) in [5, 5.41) is 7.77. The molecule has 2 heteroatoms. The summed E-state index contributed by atoms with van der Waals surface area (Å²) >= 11 is 0. The molecule has 0 amide bonds. The molecule has 0 aromatic heterocycles. The number of hydrogen-bond acceptors (Lipinski definition) is 2. The lowest BCUT2D eigenvalue weighted by molar-refractivity contribution is 0.380. The third kappa shape index (κ3) is 3.02. The van der Waals surface area contributed by atoms with E-state index in [0.717, 1.165) is 17.8 Å². The molecule has 7 aromatic rings. The summed E-state index contributed by atoms with van der Waals surface area (Å²) < 4.78 is 0. The number of fused-ring (bicyclic) bond motifs is 3. The van der Waals surface area contributed by atoms with Crippen LogP contribution in [0, 0.1) is 0 Å². The van der Waals surface area contributed by atoms with Crippen molar-refractivity contribution < 1.29 is 0 Å².